The summed E-state index contributed by atoms with van der Waals surface area (Å²) in [7, 11) is 0. The summed E-state index contributed by atoms with van der Waals surface area (Å²) in [5, 5.41) is 1.46. The Kier molecular flexibility index (Phi) is 7.21. The Hall–Kier alpha value is -3.02. The van der Waals surface area contributed by atoms with Gasteiger partial charge in [-0.1, -0.05) is 29.0 Å². The number of benzene rings is 1. The van der Waals surface area contributed by atoms with Crippen LogP contribution in [0, 0.1) is 20.8 Å². The maximum Gasteiger partial charge on any atom is 0.281 e. The largest absolute Gasteiger partial charge is 0.486 e. The number of nitrogens with zero attached hydrogens (tertiary/aromatic N) is 3. The number of amides is 2. The van der Waals surface area contributed by atoms with Crippen LogP contribution in [0.4, 0.5) is 5.13 Å². The van der Waals surface area contributed by atoms with E-state index in [2.05, 4.69) is 25.7 Å². The van der Waals surface area contributed by atoms with E-state index < -0.39 is 11.8 Å². The molecular formula is C22H25N5O4S2. The minimum atomic E-state index is -0.421. The second kappa shape index (κ2) is 10.3. The van der Waals surface area contributed by atoms with Gasteiger partial charge in [0.25, 0.3) is 11.8 Å². The molecule has 2 amide bonds. The molecule has 0 unspecified atom stereocenters. The van der Waals surface area contributed by atoms with Crippen molar-refractivity contribution in [2.45, 2.75) is 27.4 Å². The minimum absolute atomic E-state index is 0.262. The first-order valence-electron chi connectivity index (χ1n) is 10.5. The molecular weight excluding hydrogens is 462 g/mol. The van der Waals surface area contributed by atoms with Crippen molar-refractivity contribution in [1.29, 1.82) is 0 Å². The van der Waals surface area contributed by atoms with E-state index in [4.69, 9.17) is 9.47 Å². The van der Waals surface area contributed by atoms with Crippen LogP contribution < -0.4 is 20.5 Å². The Morgan fingerprint density at radius 2 is 1.58 bits per heavy atom. The van der Waals surface area contributed by atoms with Crippen LogP contribution in [0.3, 0.4) is 0 Å². The van der Waals surface area contributed by atoms with E-state index >= 15 is 0 Å². The Bertz CT molecular complexity index is 1140. The molecule has 2 aromatic heterocycles. The van der Waals surface area contributed by atoms with Gasteiger partial charge in [-0.15, -0.1) is 11.3 Å². The third-order valence-electron chi connectivity index (χ3n) is 4.99. The lowest BCUT2D eigenvalue weighted by atomic mass is 10.2. The summed E-state index contributed by atoms with van der Waals surface area (Å²) in [5.41, 5.74) is 7.33. The van der Waals surface area contributed by atoms with Gasteiger partial charge in [0.15, 0.2) is 5.13 Å². The third kappa shape index (κ3) is 5.67. The maximum atomic E-state index is 12.6. The van der Waals surface area contributed by atoms with Gasteiger partial charge in [-0.05, 0) is 32.9 Å². The number of hydrogen-bond acceptors (Lipinski definition) is 9. The molecule has 11 heteroatoms. The van der Waals surface area contributed by atoms with Crippen LogP contribution >= 0.6 is 22.7 Å². The summed E-state index contributed by atoms with van der Waals surface area (Å²) < 4.78 is 11.1. The zero-order valence-corrected chi connectivity index (χ0v) is 20.3. The van der Waals surface area contributed by atoms with Crippen molar-refractivity contribution in [2.75, 3.05) is 31.2 Å². The van der Waals surface area contributed by atoms with Gasteiger partial charge in [0.05, 0.1) is 24.6 Å². The minimum Gasteiger partial charge on any atom is -0.486 e. The second-order valence-electron chi connectivity index (χ2n) is 7.54. The number of aromatic nitrogens is 2. The van der Waals surface area contributed by atoms with Gasteiger partial charge in [0.1, 0.15) is 27.1 Å². The normalized spacial score (nSPS) is 13.6. The Balaban J connectivity index is 1.33. The van der Waals surface area contributed by atoms with Crippen LogP contribution in [0.2, 0.25) is 0 Å². The van der Waals surface area contributed by atoms with Gasteiger partial charge in [-0.25, -0.2) is 9.97 Å². The summed E-state index contributed by atoms with van der Waals surface area (Å²) in [6.45, 7) is 8.58. The summed E-state index contributed by atoms with van der Waals surface area (Å²) in [6, 6.07) is 7.73. The van der Waals surface area contributed by atoms with E-state index in [1.807, 2.05) is 31.2 Å². The lowest BCUT2D eigenvalue weighted by molar-refractivity contribution is 0.0850. The number of hydrogen-bond donors (Lipinski definition) is 2. The zero-order valence-electron chi connectivity index (χ0n) is 18.6. The summed E-state index contributed by atoms with van der Waals surface area (Å²) in [4.78, 5) is 37.2. The molecule has 0 aliphatic carbocycles. The van der Waals surface area contributed by atoms with Crippen LogP contribution in [0.25, 0.3) is 0 Å². The highest BCUT2D eigenvalue weighted by atomic mass is 32.1. The average Bonchev–Trinajstić information content (AvgIpc) is 3.40. The first-order chi connectivity index (χ1) is 15.9. The van der Waals surface area contributed by atoms with Gasteiger partial charge in [0, 0.05) is 13.1 Å². The molecule has 33 heavy (non-hydrogen) atoms. The van der Waals surface area contributed by atoms with Gasteiger partial charge in [-0.2, -0.15) is 0 Å². The Labute approximate surface area is 199 Å². The molecule has 1 fully saturated rings. The van der Waals surface area contributed by atoms with E-state index in [-0.39, 0.29) is 6.61 Å². The highest BCUT2D eigenvalue weighted by molar-refractivity contribution is 7.17. The lowest BCUT2D eigenvalue weighted by Crippen LogP contribution is -2.41. The monoisotopic (exact) mass is 487 g/mol. The summed E-state index contributed by atoms with van der Waals surface area (Å²) >= 11 is 2.54. The standard InChI is InChI=1S/C22H25N5O4S2/c1-13-4-6-16(7-5-13)31-12-17-23-14(2)18(32-17)20(28)25-26-21(29)19-15(3)24-22(33-19)27-8-10-30-11-9-27/h4-7H,8-12H2,1-3H3,(H,25,28)(H,26,29). The van der Waals surface area contributed by atoms with Crippen molar-refractivity contribution in [1.82, 2.24) is 20.8 Å². The molecule has 3 heterocycles. The predicted octanol–water partition coefficient (Wildman–Crippen LogP) is 3.02. The van der Waals surface area contributed by atoms with Crippen LogP contribution in [0.15, 0.2) is 24.3 Å². The number of carbonyl (C=O) groups is 2. The molecule has 4 rings (SSSR count). The third-order valence-corrected chi connectivity index (χ3v) is 7.34. The fraction of sp³-hybridized carbons (Fsp3) is 0.364. The fourth-order valence-electron chi connectivity index (χ4n) is 3.21. The molecule has 0 spiro atoms. The first-order valence-corrected chi connectivity index (χ1v) is 12.1. The number of thiazole rings is 2. The van der Waals surface area contributed by atoms with Gasteiger partial charge >= 0.3 is 0 Å². The molecule has 9 nitrogen and oxygen atoms in total. The molecule has 0 atom stereocenters. The molecule has 2 N–H and O–H groups in total. The molecule has 1 aliphatic rings. The predicted molar refractivity (Wildman–Crippen MR) is 127 cm³/mol. The average molecular weight is 488 g/mol. The summed E-state index contributed by atoms with van der Waals surface area (Å²) in [5.74, 6) is -0.0819. The lowest BCUT2D eigenvalue weighted by Gasteiger charge is -2.25. The van der Waals surface area contributed by atoms with Gasteiger partial charge in [0.2, 0.25) is 0 Å². The van der Waals surface area contributed by atoms with E-state index in [1.54, 1.807) is 13.8 Å². The first kappa shape index (κ1) is 23.1. The highest BCUT2D eigenvalue weighted by Crippen LogP contribution is 2.26. The number of ether oxygens (including phenoxy) is 2. The number of anilines is 1. The molecule has 0 saturated carbocycles. The van der Waals surface area contributed by atoms with Crippen LogP contribution in [-0.4, -0.2) is 48.1 Å². The number of hydrazine groups is 1. The van der Waals surface area contributed by atoms with Gasteiger partial charge in [-0.3, -0.25) is 20.4 Å². The van der Waals surface area contributed by atoms with Gasteiger partial charge < -0.3 is 14.4 Å². The topological polar surface area (TPSA) is 106 Å². The molecule has 0 radical (unpaired) electrons. The zero-order chi connectivity index (χ0) is 23.4. The van der Waals surface area contributed by atoms with Crippen LogP contribution in [0.5, 0.6) is 5.75 Å². The van der Waals surface area contributed by atoms with Crippen LogP contribution in [-0.2, 0) is 11.3 Å². The number of aryl methyl sites for hydroxylation is 3. The number of morpholine rings is 1. The fourth-order valence-corrected chi connectivity index (χ4v) is 5.10. The Morgan fingerprint density at radius 1 is 0.970 bits per heavy atom. The van der Waals surface area contributed by atoms with E-state index in [0.717, 1.165) is 29.5 Å². The highest BCUT2D eigenvalue weighted by Gasteiger charge is 2.22. The molecule has 1 saturated heterocycles. The maximum absolute atomic E-state index is 12.6. The quantitative estimate of drug-likeness (QED) is 0.515. The smallest absolute Gasteiger partial charge is 0.281 e. The van der Waals surface area contributed by atoms with Crippen molar-refractivity contribution in [3.63, 3.8) is 0 Å². The number of carbonyl (C=O) groups excluding carboxylic acids is 2. The number of nitrogens with one attached hydrogen (secondary N) is 2. The summed E-state index contributed by atoms with van der Waals surface area (Å²) in [6.07, 6.45) is 0. The molecule has 174 valence electrons. The van der Waals surface area contributed by atoms with Crippen molar-refractivity contribution >= 4 is 39.6 Å². The van der Waals surface area contributed by atoms with E-state index in [9.17, 15) is 9.59 Å². The van der Waals surface area contributed by atoms with Crippen molar-refractivity contribution in [2.24, 2.45) is 0 Å². The van der Waals surface area contributed by atoms with E-state index in [0.29, 0.717) is 39.4 Å². The van der Waals surface area contributed by atoms with Crippen LogP contribution in [0.1, 0.15) is 41.3 Å². The molecule has 0 bridgehead atoms. The second-order valence-corrected chi connectivity index (χ2v) is 9.60. The number of rotatable bonds is 6. The SMILES string of the molecule is Cc1ccc(OCc2nc(C)c(C(=O)NNC(=O)c3sc(N4CCOCC4)nc3C)s2)cc1. The van der Waals surface area contributed by atoms with Crippen molar-refractivity contribution in [3.8, 4) is 5.75 Å². The molecule has 1 aliphatic heterocycles. The van der Waals surface area contributed by atoms with E-state index in [1.165, 1.54) is 22.7 Å². The Morgan fingerprint density at radius 3 is 2.24 bits per heavy atom. The van der Waals surface area contributed by atoms with Crippen molar-refractivity contribution in [3.05, 3.63) is 56.0 Å². The van der Waals surface area contributed by atoms with Crippen molar-refractivity contribution < 1.29 is 19.1 Å². The molecule has 1 aromatic carbocycles. The molecule has 3 aromatic rings.